The average Bonchev–Trinajstić information content (AvgIpc) is 3.07. The number of carbonyl (C=O) groups is 1. The third-order valence-corrected chi connectivity index (χ3v) is 4.94. The molecule has 2 heterocycles. The van der Waals surface area contributed by atoms with Crippen molar-refractivity contribution in [1.29, 1.82) is 0 Å². The molecule has 1 aromatic carbocycles. The third-order valence-electron chi connectivity index (χ3n) is 4.94. The van der Waals surface area contributed by atoms with E-state index in [4.69, 9.17) is 9.47 Å². The molecule has 1 amide bonds. The summed E-state index contributed by atoms with van der Waals surface area (Å²) in [7, 11) is 0. The first-order valence-corrected chi connectivity index (χ1v) is 8.46. The van der Waals surface area contributed by atoms with Gasteiger partial charge in [0.2, 0.25) is 6.79 Å². The van der Waals surface area contributed by atoms with Crippen molar-refractivity contribution in [3.63, 3.8) is 0 Å². The van der Waals surface area contributed by atoms with Gasteiger partial charge in [0.15, 0.2) is 17.2 Å². The minimum absolute atomic E-state index is 0.0982. The van der Waals surface area contributed by atoms with Crippen LogP contribution in [0.2, 0.25) is 0 Å². The Morgan fingerprint density at radius 2 is 2.04 bits per heavy atom. The molecule has 130 valence electrons. The highest BCUT2D eigenvalue weighted by atomic mass is 16.7. The van der Waals surface area contributed by atoms with Crippen molar-refractivity contribution in [2.45, 2.75) is 32.7 Å². The number of para-hydroxylation sites is 1. The smallest absolute Gasteiger partial charge is 0.274 e. The number of amides is 1. The molecule has 1 saturated carbocycles. The number of hydrogen-bond acceptors (Lipinski definition) is 5. The van der Waals surface area contributed by atoms with Crippen molar-refractivity contribution < 1.29 is 14.3 Å². The fourth-order valence-electron chi connectivity index (χ4n) is 3.16. The van der Waals surface area contributed by atoms with Crippen molar-refractivity contribution in [3.05, 3.63) is 42.1 Å². The van der Waals surface area contributed by atoms with Crippen LogP contribution in [0.3, 0.4) is 0 Å². The van der Waals surface area contributed by atoms with Crippen molar-refractivity contribution in [3.8, 4) is 11.5 Å². The molecule has 1 aliphatic carbocycles. The zero-order chi connectivity index (χ0) is 17.4. The summed E-state index contributed by atoms with van der Waals surface area (Å²) in [6, 6.07) is 11.6. The molecule has 1 aliphatic heterocycles. The summed E-state index contributed by atoms with van der Waals surface area (Å²) in [5.74, 6) is 1.27. The number of nitrogens with zero attached hydrogens (tertiary/aromatic N) is 1. The number of anilines is 2. The predicted molar refractivity (Wildman–Crippen MR) is 94.4 cm³/mol. The Balaban J connectivity index is 1.61. The van der Waals surface area contributed by atoms with Gasteiger partial charge in [-0.2, -0.15) is 0 Å². The molecular weight excluding hydrogens is 318 g/mol. The zero-order valence-corrected chi connectivity index (χ0v) is 14.3. The lowest BCUT2D eigenvalue weighted by atomic mass is 9.67. The molecule has 1 fully saturated rings. The number of carbonyl (C=O) groups excluding carboxylic acids is 1. The molecule has 6 nitrogen and oxygen atoms in total. The lowest BCUT2D eigenvalue weighted by Crippen LogP contribution is -2.52. The summed E-state index contributed by atoms with van der Waals surface area (Å²) in [6.07, 6.45) is 2.10. The Hall–Kier alpha value is -2.76. The summed E-state index contributed by atoms with van der Waals surface area (Å²) in [5.41, 5.74) is 1.27. The monoisotopic (exact) mass is 339 g/mol. The molecule has 0 bridgehead atoms. The summed E-state index contributed by atoms with van der Waals surface area (Å²) in [4.78, 5) is 17.2. The second-order valence-electron chi connectivity index (χ2n) is 7.13. The lowest BCUT2D eigenvalue weighted by molar-refractivity contribution is 0.0724. The van der Waals surface area contributed by atoms with Crippen LogP contribution in [0.4, 0.5) is 11.5 Å². The maximum Gasteiger partial charge on any atom is 0.274 e. The molecule has 25 heavy (non-hydrogen) atoms. The second kappa shape index (κ2) is 5.95. The van der Waals surface area contributed by atoms with Gasteiger partial charge in [-0.15, -0.1) is 0 Å². The number of nitrogens with one attached hydrogen (secondary N) is 2. The van der Waals surface area contributed by atoms with Crippen LogP contribution in [0.1, 0.15) is 37.2 Å². The summed E-state index contributed by atoms with van der Waals surface area (Å²) in [6.45, 7) is 4.42. The van der Waals surface area contributed by atoms with Gasteiger partial charge in [0.1, 0.15) is 5.82 Å². The van der Waals surface area contributed by atoms with Gasteiger partial charge in [0, 0.05) is 17.8 Å². The van der Waals surface area contributed by atoms with Crippen LogP contribution < -0.4 is 20.1 Å². The zero-order valence-electron chi connectivity index (χ0n) is 14.3. The van der Waals surface area contributed by atoms with E-state index >= 15 is 0 Å². The van der Waals surface area contributed by atoms with Crippen LogP contribution in [0.15, 0.2) is 36.4 Å². The number of rotatable bonds is 4. The van der Waals surface area contributed by atoms with Gasteiger partial charge < -0.3 is 20.1 Å². The summed E-state index contributed by atoms with van der Waals surface area (Å²) < 4.78 is 10.9. The highest BCUT2D eigenvalue weighted by Gasteiger charge is 2.40. The molecule has 6 heteroatoms. The second-order valence-corrected chi connectivity index (χ2v) is 7.13. The molecule has 4 rings (SSSR count). The average molecular weight is 339 g/mol. The molecule has 2 N–H and O–H groups in total. The van der Waals surface area contributed by atoms with E-state index in [1.807, 2.05) is 30.3 Å². The lowest BCUT2D eigenvalue weighted by Gasteiger charge is -2.44. The van der Waals surface area contributed by atoms with Crippen LogP contribution in [0.5, 0.6) is 11.5 Å². The minimum Gasteiger partial charge on any atom is -0.453 e. The van der Waals surface area contributed by atoms with E-state index in [0.29, 0.717) is 17.3 Å². The normalized spacial score (nSPS) is 19.8. The van der Waals surface area contributed by atoms with E-state index in [1.165, 1.54) is 0 Å². The van der Waals surface area contributed by atoms with Crippen LogP contribution in [0, 0.1) is 5.41 Å². The molecule has 1 atom stereocenters. The van der Waals surface area contributed by atoms with E-state index in [1.54, 1.807) is 6.07 Å². The Morgan fingerprint density at radius 3 is 2.72 bits per heavy atom. The Bertz CT molecular complexity index is 805. The number of ether oxygens (including phenoxy) is 2. The number of benzene rings is 1. The van der Waals surface area contributed by atoms with E-state index < -0.39 is 0 Å². The minimum atomic E-state index is -0.226. The fourth-order valence-corrected chi connectivity index (χ4v) is 3.16. The third kappa shape index (κ3) is 2.99. The first-order chi connectivity index (χ1) is 12.0. The predicted octanol–water partition coefficient (Wildman–Crippen LogP) is 3.47. The van der Waals surface area contributed by atoms with Gasteiger partial charge in [-0.25, -0.2) is 4.98 Å². The molecule has 0 radical (unpaired) electrons. The highest BCUT2D eigenvalue weighted by molar-refractivity contribution is 5.97. The number of aromatic nitrogens is 1. The topological polar surface area (TPSA) is 72.5 Å². The maximum absolute atomic E-state index is 12.8. The van der Waals surface area contributed by atoms with Crippen molar-refractivity contribution >= 4 is 17.4 Å². The molecule has 2 aliphatic rings. The van der Waals surface area contributed by atoms with Gasteiger partial charge in [0.25, 0.3) is 5.91 Å². The van der Waals surface area contributed by atoms with E-state index in [9.17, 15) is 4.79 Å². The van der Waals surface area contributed by atoms with Crippen LogP contribution >= 0.6 is 0 Å². The number of hydrogen-bond donors (Lipinski definition) is 2. The maximum atomic E-state index is 12.8. The van der Waals surface area contributed by atoms with Crippen molar-refractivity contribution in [1.82, 2.24) is 10.3 Å². The SMILES string of the molecule is CC1(C)CCC1NC(=O)c1nc(Nc2ccccc2)cc2c1OCO2. The quantitative estimate of drug-likeness (QED) is 0.892. The number of pyridine rings is 1. The standard InChI is InChI=1S/C19H21N3O3/c1-19(2)9-8-14(19)21-18(23)16-17-13(24-11-25-17)10-15(22-16)20-12-6-4-3-5-7-12/h3-7,10,14H,8-9,11H2,1-2H3,(H,20,22)(H,21,23). The van der Waals surface area contributed by atoms with Gasteiger partial charge >= 0.3 is 0 Å². The first kappa shape index (κ1) is 15.7. The highest BCUT2D eigenvalue weighted by Crippen LogP contribution is 2.41. The molecule has 0 spiro atoms. The Labute approximate surface area is 146 Å². The van der Waals surface area contributed by atoms with Crippen LogP contribution in [-0.4, -0.2) is 23.7 Å². The summed E-state index contributed by atoms with van der Waals surface area (Å²) in [5, 5.41) is 6.28. The molecule has 2 aromatic rings. The van der Waals surface area contributed by atoms with Crippen LogP contribution in [0.25, 0.3) is 0 Å². The molecule has 1 aromatic heterocycles. The van der Waals surface area contributed by atoms with E-state index in [-0.39, 0.29) is 29.9 Å². The van der Waals surface area contributed by atoms with Gasteiger partial charge in [-0.05, 0) is 30.4 Å². The molecule has 0 saturated heterocycles. The Morgan fingerprint density at radius 1 is 1.24 bits per heavy atom. The first-order valence-electron chi connectivity index (χ1n) is 8.46. The van der Waals surface area contributed by atoms with E-state index in [2.05, 4.69) is 29.5 Å². The van der Waals surface area contributed by atoms with Gasteiger partial charge in [-0.1, -0.05) is 32.0 Å². The molecule has 1 unspecified atom stereocenters. The van der Waals surface area contributed by atoms with Crippen molar-refractivity contribution in [2.75, 3.05) is 12.1 Å². The van der Waals surface area contributed by atoms with Crippen molar-refractivity contribution in [2.24, 2.45) is 5.41 Å². The van der Waals surface area contributed by atoms with Gasteiger partial charge in [0.05, 0.1) is 0 Å². The Kier molecular flexibility index (Phi) is 3.75. The van der Waals surface area contributed by atoms with Crippen LogP contribution in [-0.2, 0) is 0 Å². The van der Waals surface area contributed by atoms with Gasteiger partial charge in [-0.3, -0.25) is 4.79 Å². The summed E-state index contributed by atoms with van der Waals surface area (Å²) >= 11 is 0. The fraction of sp³-hybridized carbons (Fsp3) is 0.368. The van der Waals surface area contributed by atoms with E-state index in [0.717, 1.165) is 18.5 Å². The number of fused-ring (bicyclic) bond motifs is 1. The molecular formula is C19H21N3O3. The largest absolute Gasteiger partial charge is 0.453 e.